The summed E-state index contributed by atoms with van der Waals surface area (Å²) in [4.78, 5) is 30.5. The third-order valence-electron chi connectivity index (χ3n) is 7.05. The van der Waals surface area contributed by atoms with E-state index in [2.05, 4.69) is 18.7 Å². The molecule has 190 valence electrons. The number of hydrogen-bond donors (Lipinski definition) is 1. The van der Waals surface area contributed by atoms with Crippen molar-refractivity contribution in [2.24, 2.45) is 0 Å². The van der Waals surface area contributed by atoms with Crippen LogP contribution in [-0.2, 0) is 16.0 Å². The summed E-state index contributed by atoms with van der Waals surface area (Å²) in [5.74, 6) is -0.855. The van der Waals surface area contributed by atoms with E-state index in [1.54, 1.807) is 30.3 Å². The summed E-state index contributed by atoms with van der Waals surface area (Å²) in [5, 5.41) is 11.9. The molecule has 37 heavy (non-hydrogen) atoms. The number of aliphatic hydroxyl groups is 1. The van der Waals surface area contributed by atoms with Gasteiger partial charge < -0.3 is 14.7 Å². The molecule has 5 rings (SSSR count). The van der Waals surface area contributed by atoms with E-state index in [0.29, 0.717) is 22.9 Å². The first kappa shape index (κ1) is 24.9. The predicted molar refractivity (Wildman–Crippen MR) is 146 cm³/mol. The maximum absolute atomic E-state index is 13.5. The lowest BCUT2D eigenvalue weighted by Crippen LogP contribution is -2.29. The number of rotatable bonds is 6. The minimum atomic E-state index is -0.809. The SMILES string of the molecule is CCN(CC)c1ccc(C2/C(=C(/O)c3ccc4c(c3)CCCO4)C(=O)C(=O)N2c2cccc(Cl)c2)cc1. The standard InChI is InChI=1S/C30H29ClN2O4/c1-3-32(4-2)23-13-10-19(11-14-23)27-26(28(34)21-12-15-25-20(17-21)7-6-16-37-25)29(35)30(36)33(27)24-9-5-8-22(31)18-24/h5,8-15,17-18,27,34H,3-4,6-7,16H2,1-2H3/b28-26-. The highest BCUT2D eigenvalue weighted by Gasteiger charge is 2.47. The number of anilines is 2. The van der Waals surface area contributed by atoms with Gasteiger partial charge in [-0.2, -0.15) is 0 Å². The zero-order chi connectivity index (χ0) is 26.1. The van der Waals surface area contributed by atoms with Crippen molar-refractivity contribution in [3.05, 3.63) is 94.0 Å². The van der Waals surface area contributed by atoms with Crippen LogP contribution in [0.1, 0.15) is 43.0 Å². The van der Waals surface area contributed by atoms with Crippen molar-refractivity contribution >= 4 is 40.4 Å². The van der Waals surface area contributed by atoms with E-state index in [-0.39, 0.29) is 11.3 Å². The molecule has 1 amide bonds. The number of ketones is 1. The first-order chi connectivity index (χ1) is 17.9. The van der Waals surface area contributed by atoms with E-state index in [0.717, 1.165) is 48.5 Å². The predicted octanol–water partition coefficient (Wildman–Crippen LogP) is 6.14. The number of aryl methyl sites for hydroxylation is 1. The highest BCUT2D eigenvalue weighted by atomic mass is 35.5. The third kappa shape index (κ3) is 4.58. The summed E-state index contributed by atoms with van der Waals surface area (Å²) in [5.41, 5.74) is 3.77. The minimum Gasteiger partial charge on any atom is -0.507 e. The molecule has 0 aromatic heterocycles. The topological polar surface area (TPSA) is 70.1 Å². The summed E-state index contributed by atoms with van der Waals surface area (Å²) in [6, 6.07) is 19.2. The van der Waals surface area contributed by atoms with Gasteiger partial charge in [0.25, 0.3) is 11.7 Å². The fourth-order valence-corrected chi connectivity index (χ4v) is 5.34. The Morgan fingerprint density at radius 1 is 1.05 bits per heavy atom. The number of benzene rings is 3. The van der Waals surface area contributed by atoms with Crippen LogP contribution in [0, 0.1) is 0 Å². The van der Waals surface area contributed by atoms with Crippen LogP contribution >= 0.6 is 11.6 Å². The van der Waals surface area contributed by atoms with Crippen LogP contribution in [0.15, 0.2) is 72.3 Å². The molecule has 1 unspecified atom stereocenters. The largest absolute Gasteiger partial charge is 0.507 e. The normalized spacial score (nSPS) is 18.5. The van der Waals surface area contributed by atoms with Crippen LogP contribution in [0.3, 0.4) is 0 Å². The molecule has 6 nitrogen and oxygen atoms in total. The second-order valence-corrected chi connectivity index (χ2v) is 9.62. The highest BCUT2D eigenvalue weighted by molar-refractivity contribution is 6.51. The molecule has 0 saturated carbocycles. The van der Waals surface area contributed by atoms with E-state index in [1.807, 2.05) is 36.4 Å². The number of Topliss-reactive ketones (excluding diaryl/α,β-unsaturated/α-hetero) is 1. The van der Waals surface area contributed by atoms with Crippen LogP contribution in [-0.4, -0.2) is 36.5 Å². The Kier molecular flexibility index (Phi) is 6.94. The molecule has 3 aromatic carbocycles. The van der Waals surface area contributed by atoms with Crippen molar-refractivity contribution in [3.8, 4) is 5.75 Å². The van der Waals surface area contributed by atoms with Gasteiger partial charge >= 0.3 is 0 Å². The van der Waals surface area contributed by atoms with Crippen LogP contribution in [0.4, 0.5) is 11.4 Å². The molecule has 2 aliphatic heterocycles. The van der Waals surface area contributed by atoms with Crippen molar-refractivity contribution in [1.29, 1.82) is 0 Å². The molecule has 2 heterocycles. The molecule has 3 aromatic rings. The Bertz CT molecular complexity index is 1380. The van der Waals surface area contributed by atoms with Gasteiger partial charge in [-0.1, -0.05) is 29.8 Å². The molecule has 0 bridgehead atoms. The molecule has 1 atom stereocenters. The molecular formula is C30H29ClN2O4. The van der Waals surface area contributed by atoms with Crippen LogP contribution in [0.2, 0.25) is 5.02 Å². The van der Waals surface area contributed by atoms with E-state index in [9.17, 15) is 14.7 Å². The minimum absolute atomic E-state index is 0.0530. The van der Waals surface area contributed by atoms with Crippen molar-refractivity contribution in [2.75, 3.05) is 29.5 Å². The van der Waals surface area contributed by atoms with Gasteiger partial charge in [-0.3, -0.25) is 14.5 Å². The molecule has 1 saturated heterocycles. The molecule has 1 fully saturated rings. The van der Waals surface area contributed by atoms with E-state index in [4.69, 9.17) is 16.3 Å². The quantitative estimate of drug-likeness (QED) is 0.242. The monoisotopic (exact) mass is 516 g/mol. The summed E-state index contributed by atoms with van der Waals surface area (Å²) in [7, 11) is 0. The maximum Gasteiger partial charge on any atom is 0.300 e. The van der Waals surface area contributed by atoms with Crippen molar-refractivity contribution in [2.45, 2.75) is 32.7 Å². The summed E-state index contributed by atoms with van der Waals surface area (Å²) < 4.78 is 5.70. The van der Waals surface area contributed by atoms with Gasteiger partial charge in [-0.05, 0) is 86.3 Å². The van der Waals surface area contributed by atoms with Crippen molar-refractivity contribution in [3.63, 3.8) is 0 Å². The lowest BCUT2D eigenvalue weighted by molar-refractivity contribution is -0.132. The fourth-order valence-electron chi connectivity index (χ4n) is 5.16. The Hall–Kier alpha value is -3.77. The van der Waals surface area contributed by atoms with Crippen LogP contribution < -0.4 is 14.5 Å². The number of carbonyl (C=O) groups excluding carboxylic acids is 2. The fraction of sp³-hybridized carbons (Fsp3) is 0.267. The molecule has 1 N–H and O–H groups in total. The number of nitrogens with zero attached hydrogens (tertiary/aromatic N) is 2. The summed E-state index contributed by atoms with van der Waals surface area (Å²) in [6.07, 6.45) is 1.71. The molecule has 0 aliphatic carbocycles. The van der Waals surface area contributed by atoms with Crippen LogP contribution in [0.5, 0.6) is 5.75 Å². The Balaban J connectivity index is 1.66. The van der Waals surface area contributed by atoms with Crippen molar-refractivity contribution in [1.82, 2.24) is 0 Å². The number of fused-ring (bicyclic) bond motifs is 1. The average Bonchev–Trinajstić information content (AvgIpc) is 3.19. The Labute approximate surface area is 221 Å². The smallest absolute Gasteiger partial charge is 0.300 e. The van der Waals surface area contributed by atoms with Gasteiger partial charge in [0, 0.05) is 35.1 Å². The van der Waals surface area contributed by atoms with E-state index >= 15 is 0 Å². The van der Waals surface area contributed by atoms with Gasteiger partial charge in [0.2, 0.25) is 0 Å². The number of aliphatic hydroxyl groups excluding tert-OH is 1. The lowest BCUT2D eigenvalue weighted by atomic mass is 9.93. The Morgan fingerprint density at radius 3 is 2.51 bits per heavy atom. The summed E-state index contributed by atoms with van der Waals surface area (Å²) in [6.45, 7) is 6.56. The number of carbonyl (C=O) groups is 2. The first-order valence-corrected chi connectivity index (χ1v) is 13.0. The van der Waals surface area contributed by atoms with Gasteiger partial charge in [-0.25, -0.2) is 0 Å². The van der Waals surface area contributed by atoms with E-state index in [1.165, 1.54) is 4.90 Å². The second kappa shape index (κ2) is 10.3. The highest BCUT2D eigenvalue weighted by Crippen LogP contribution is 2.43. The zero-order valence-corrected chi connectivity index (χ0v) is 21.7. The molecule has 2 aliphatic rings. The number of amides is 1. The van der Waals surface area contributed by atoms with Gasteiger partial charge in [0.15, 0.2) is 0 Å². The molecule has 0 spiro atoms. The summed E-state index contributed by atoms with van der Waals surface area (Å²) >= 11 is 6.25. The van der Waals surface area contributed by atoms with Crippen molar-refractivity contribution < 1.29 is 19.4 Å². The van der Waals surface area contributed by atoms with Gasteiger partial charge in [-0.15, -0.1) is 0 Å². The lowest BCUT2D eigenvalue weighted by Gasteiger charge is -2.27. The average molecular weight is 517 g/mol. The van der Waals surface area contributed by atoms with Crippen LogP contribution in [0.25, 0.3) is 5.76 Å². The van der Waals surface area contributed by atoms with E-state index < -0.39 is 17.7 Å². The number of hydrogen-bond acceptors (Lipinski definition) is 5. The number of halogens is 1. The molecule has 7 heteroatoms. The Morgan fingerprint density at radius 2 is 1.81 bits per heavy atom. The first-order valence-electron chi connectivity index (χ1n) is 12.6. The maximum atomic E-state index is 13.5. The van der Waals surface area contributed by atoms with Gasteiger partial charge in [0.1, 0.15) is 11.5 Å². The zero-order valence-electron chi connectivity index (χ0n) is 20.9. The second-order valence-electron chi connectivity index (χ2n) is 9.19. The molecule has 0 radical (unpaired) electrons. The van der Waals surface area contributed by atoms with Gasteiger partial charge in [0.05, 0.1) is 18.2 Å². The third-order valence-corrected chi connectivity index (χ3v) is 7.29. The molecular weight excluding hydrogens is 488 g/mol. The number of ether oxygens (including phenoxy) is 1.